The van der Waals surface area contributed by atoms with Gasteiger partial charge in [0, 0.05) is 0 Å². The van der Waals surface area contributed by atoms with E-state index in [9.17, 15) is 0 Å². The van der Waals surface area contributed by atoms with Gasteiger partial charge in [-0.3, -0.25) is 0 Å². The van der Waals surface area contributed by atoms with Crippen molar-refractivity contribution in [3.05, 3.63) is 37.4 Å². The van der Waals surface area contributed by atoms with Crippen LogP contribution in [-0.4, -0.2) is 0 Å². The number of rotatable bonds is 2. The fourth-order valence-electron chi connectivity index (χ4n) is 0.136. The van der Waals surface area contributed by atoms with Crippen LogP contribution in [0, 0.1) is 0 Å². The summed E-state index contributed by atoms with van der Waals surface area (Å²) in [6, 6.07) is 0.305. The molecule has 6 heavy (non-hydrogen) atoms. The minimum Gasteiger partial charge on any atom is -0.0991 e. The van der Waals surface area contributed by atoms with Crippen LogP contribution in [0.25, 0.3) is 0 Å². The lowest BCUT2D eigenvalue weighted by Crippen LogP contribution is -1.38. The van der Waals surface area contributed by atoms with Crippen LogP contribution in [0.2, 0.25) is 0 Å². The molecule has 0 saturated carbocycles. The van der Waals surface area contributed by atoms with E-state index in [0.717, 1.165) is 0 Å². The fourth-order valence-corrected chi connectivity index (χ4v) is 0.136. The molecule has 32 valence electrons. The van der Waals surface area contributed by atoms with Crippen molar-refractivity contribution >= 4 is 0 Å². The average Bonchev–Trinajstić information content (AvgIpc) is 1.61. The van der Waals surface area contributed by atoms with Crippen LogP contribution < -0.4 is 0 Å². The molecule has 0 N–H and O–H groups in total. The van der Waals surface area contributed by atoms with Crippen LogP contribution in [0.5, 0.6) is 0 Å². The normalized spacial score (nSPS) is 11.0. The Hall–Kier alpha value is -0.780. The first-order chi connectivity index (χ1) is 3.27. The summed E-state index contributed by atoms with van der Waals surface area (Å²) in [4.78, 5) is 0. The molecule has 0 amide bonds. The highest BCUT2D eigenvalue weighted by molar-refractivity contribution is 5.05. The Morgan fingerprint density at radius 2 is 2.00 bits per heavy atom. The van der Waals surface area contributed by atoms with E-state index in [1.54, 1.807) is 18.2 Å². The van der Waals surface area contributed by atoms with E-state index >= 15 is 0 Å². The molecule has 0 fully saturated rings. The Labute approximate surface area is 39.9 Å². The molecule has 0 aliphatic carbocycles. The van der Waals surface area contributed by atoms with Gasteiger partial charge in [-0.2, -0.15) is 0 Å². The van der Waals surface area contributed by atoms with E-state index in [1.807, 2.05) is 0 Å². The van der Waals surface area contributed by atoms with E-state index in [0.29, 0.717) is 6.05 Å². The lowest BCUT2D eigenvalue weighted by Gasteiger charge is -1.60. The van der Waals surface area contributed by atoms with E-state index in [4.69, 9.17) is 1.37 Å². The second kappa shape index (κ2) is 4.22. The van der Waals surface area contributed by atoms with Crippen molar-refractivity contribution in [1.29, 1.82) is 0 Å². The molecule has 0 aromatic rings. The van der Waals surface area contributed by atoms with Crippen LogP contribution in [0.15, 0.2) is 37.4 Å². The van der Waals surface area contributed by atoms with Gasteiger partial charge in [0.1, 0.15) is 0 Å². The van der Waals surface area contributed by atoms with Gasteiger partial charge >= 0.3 is 0 Å². The Bertz CT molecular complexity index is 101. The van der Waals surface area contributed by atoms with Crippen molar-refractivity contribution in [2.45, 2.75) is 0 Å². The molecule has 0 aliphatic rings. The third-order valence-electron chi connectivity index (χ3n) is 0.350. The zero-order chi connectivity index (χ0) is 5.70. The zero-order valence-corrected chi connectivity index (χ0v) is 3.65. The fraction of sp³-hybridized carbons (Fsp3) is 0. The lowest BCUT2D eigenvalue weighted by molar-refractivity contribution is 1.98. The maximum Gasteiger partial charge on any atom is 0.0616 e. The minimum absolute atomic E-state index is 0.305. The highest BCUT2D eigenvalue weighted by atomic mass is 13.5. The van der Waals surface area contributed by atoms with Gasteiger partial charge in [0.15, 0.2) is 0 Å². The molecule has 0 heteroatoms. The van der Waals surface area contributed by atoms with Crippen LogP contribution >= 0.6 is 0 Å². The van der Waals surface area contributed by atoms with Gasteiger partial charge in [-0.15, -0.1) is 0 Å². The van der Waals surface area contributed by atoms with Crippen molar-refractivity contribution in [3.8, 4) is 0 Å². The molecule has 0 spiro atoms. The Kier molecular flexibility index (Phi) is 2.40. The molecule has 0 rings (SSSR count). The number of hydrogen-bond donors (Lipinski definition) is 0. The molecule has 0 aromatic heterocycles. The Morgan fingerprint density at radius 3 is 2.17 bits per heavy atom. The minimum atomic E-state index is 0.305. The SMILES string of the molecule is [2H]C(=C)/C=C\C=C. The van der Waals surface area contributed by atoms with Crippen molar-refractivity contribution in [1.82, 2.24) is 0 Å². The van der Waals surface area contributed by atoms with E-state index < -0.39 is 0 Å². The summed E-state index contributed by atoms with van der Waals surface area (Å²) in [6.45, 7) is 6.75. The Morgan fingerprint density at radius 1 is 1.33 bits per heavy atom. The molecular formula is C6H8. The molecule has 0 bridgehead atoms. The molecule has 0 radical (unpaired) electrons. The largest absolute Gasteiger partial charge is 0.0991 e. The summed E-state index contributed by atoms with van der Waals surface area (Å²) in [5, 5.41) is 0. The van der Waals surface area contributed by atoms with Gasteiger partial charge in [-0.25, -0.2) is 0 Å². The van der Waals surface area contributed by atoms with Crippen molar-refractivity contribution < 1.29 is 1.37 Å². The number of hydrogen-bond acceptors (Lipinski definition) is 0. The second-order valence-corrected chi connectivity index (χ2v) is 0.799. The zero-order valence-electron chi connectivity index (χ0n) is 4.65. The third-order valence-corrected chi connectivity index (χ3v) is 0.350. The average molecular weight is 81.1 g/mol. The summed E-state index contributed by atoms with van der Waals surface area (Å²) in [6.07, 6.45) is 4.86. The maximum absolute atomic E-state index is 6.75. The molecule has 0 atom stereocenters. The summed E-state index contributed by atoms with van der Waals surface area (Å²) in [5.74, 6) is 0. The van der Waals surface area contributed by atoms with Crippen molar-refractivity contribution in [2.75, 3.05) is 0 Å². The van der Waals surface area contributed by atoms with Gasteiger partial charge in [0.05, 0.1) is 1.37 Å². The quantitative estimate of drug-likeness (QED) is 0.445. The summed E-state index contributed by atoms with van der Waals surface area (Å²) in [7, 11) is 0. The van der Waals surface area contributed by atoms with E-state index in [2.05, 4.69) is 13.2 Å². The summed E-state index contributed by atoms with van der Waals surface area (Å²) >= 11 is 0. The van der Waals surface area contributed by atoms with Crippen LogP contribution in [0.3, 0.4) is 0 Å². The molecular weight excluding hydrogens is 72.1 g/mol. The molecule has 0 aliphatic heterocycles. The highest BCUT2D eigenvalue weighted by Crippen LogP contribution is 1.69. The van der Waals surface area contributed by atoms with E-state index in [1.165, 1.54) is 0 Å². The Balaban J connectivity index is 3.46. The first-order valence-electron chi connectivity index (χ1n) is 2.22. The second-order valence-electron chi connectivity index (χ2n) is 0.799. The van der Waals surface area contributed by atoms with Gasteiger partial charge in [-0.1, -0.05) is 37.4 Å². The van der Waals surface area contributed by atoms with Crippen LogP contribution in [0.4, 0.5) is 0 Å². The first kappa shape index (κ1) is 3.41. The smallest absolute Gasteiger partial charge is 0.0616 e. The van der Waals surface area contributed by atoms with Crippen molar-refractivity contribution in [2.24, 2.45) is 0 Å². The molecule has 0 saturated heterocycles. The summed E-state index contributed by atoms with van der Waals surface area (Å²) in [5.41, 5.74) is 0. The monoisotopic (exact) mass is 81.1 g/mol. The van der Waals surface area contributed by atoms with E-state index in [-0.39, 0.29) is 0 Å². The summed E-state index contributed by atoms with van der Waals surface area (Å²) < 4.78 is 6.75. The lowest BCUT2D eigenvalue weighted by atomic mass is 10.5. The van der Waals surface area contributed by atoms with Gasteiger partial charge < -0.3 is 0 Å². The predicted octanol–water partition coefficient (Wildman–Crippen LogP) is 1.91. The van der Waals surface area contributed by atoms with Crippen LogP contribution in [-0.2, 0) is 0 Å². The van der Waals surface area contributed by atoms with Gasteiger partial charge in [0.2, 0.25) is 0 Å². The highest BCUT2D eigenvalue weighted by Gasteiger charge is 1.47. The molecule has 0 aromatic carbocycles. The first-order valence-corrected chi connectivity index (χ1v) is 1.72. The topological polar surface area (TPSA) is 0 Å². The predicted molar refractivity (Wildman–Crippen MR) is 29.5 cm³/mol. The van der Waals surface area contributed by atoms with Gasteiger partial charge in [0.25, 0.3) is 0 Å². The molecule has 0 unspecified atom stereocenters. The van der Waals surface area contributed by atoms with Crippen LogP contribution in [0.1, 0.15) is 1.37 Å². The standard InChI is InChI=1S/C6H8/c1-3-5-6-4-2/h3-6H,1-2H2/b6-5-/i3D. The van der Waals surface area contributed by atoms with Crippen molar-refractivity contribution in [3.63, 3.8) is 0 Å². The molecule has 0 nitrogen and oxygen atoms in total. The molecule has 0 heterocycles. The maximum atomic E-state index is 6.75. The third kappa shape index (κ3) is 3.22. The van der Waals surface area contributed by atoms with Gasteiger partial charge in [-0.05, 0) is 0 Å². The number of allylic oxidation sites excluding steroid dienone is 4.